The zero-order valence-corrected chi connectivity index (χ0v) is 15.0. The van der Waals surface area contributed by atoms with Gasteiger partial charge in [-0.1, -0.05) is 6.07 Å². The minimum atomic E-state index is -0.123. The molecule has 0 radical (unpaired) electrons. The molecule has 2 heterocycles. The Morgan fingerprint density at radius 1 is 1.32 bits per heavy atom. The quantitative estimate of drug-likeness (QED) is 0.857. The fraction of sp³-hybridized carbons (Fsp3) is 0.632. The van der Waals surface area contributed by atoms with Crippen LogP contribution in [0.3, 0.4) is 0 Å². The molecule has 3 rings (SSSR count). The third-order valence-corrected chi connectivity index (χ3v) is 4.68. The van der Waals surface area contributed by atoms with Crippen molar-refractivity contribution in [2.75, 3.05) is 13.1 Å². The summed E-state index contributed by atoms with van der Waals surface area (Å²) in [6.07, 6.45) is 5.46. The summed E-state index contributed by atoms with van der Waals surface area (Å²) < 4.78 is 5.69. The Bertz CT molecular complexity index is 628. The molecule has 2 aliphatic rings. The number of hydrogen-bond donors (Lipinski definition) is 1. The van der Waals surface area contributed by atoms with Crippen molar-refractivity contribution in [3.63, 3.8) is 0 Å². The maximum atomic E-state index is 12.5. The fourth-order valence-corrected chi connectivity index (χ4v) is 3.19. The van der Waals surface area contributed by atoms with Gasteiger partial charge in [-0.3, -0.25) is 9.59 Å². The number of nitrogens with zero attached hydrogens (tertiary/aromatic N) is 2. The minimum Gasteiger partial charge on any atom is -0.475 e. The Labute approximate surface area is 148 Å². The van der Waals surface area contributed by atoms with Crippen LogP contribution in [-0.4, -0.2) is 40.9 Å². The second-order valence-corrected chi connectivity index (χ2v) is 7.25. The molecule has 25 heavy (non-hydrogen) atoms. The molecule has 1 aliphatic heterocycles. The Morgan fingerprint density at radius 2 is 2.12 bits per heavy atom. The highest BCUT2D eigenvalue weighted by molar-refractivity contribution is 5.83. The van der Waals surface area contributed by atoms with Crippen molar-refractivity contribution >= 4 is 11.8 Å². The molecule has 6 heteroatoms. The van der Waals surface area contributed by atoms with Crippen LogP contribution in [0.5, 0.6) is 5.88 Å². The summed E-state index contributed by atoms with van der Waals surface area (Å²) in [5, 5.41) is 2.99. The summed E-state index contributed by atoms with van der Waals surface area (Å²) >= 11 is 0. The van der Waals surface area contributed by atoms with Crippen molar-refractivity contribution in [1.82, 2.24) is 15.2 Å². The molecule has 1 aliphatic carbocycles. The van der Waals surface area contributed by atoms with Crippen LogP contribution in [0.25, 0.3) is 0 Å². The Balaban J connectivity index is 1.54. The SMILES string of the molecule is CC(C)Oc1ncccc1CNC(=O)[C@H]1CCCN(C(=O)C2CC2)C1. The smallest absolute Gasteiger partial charge is 0.225 e. The van der Waals surface area contributed by atoms with E-state index in [-0.39, 0.29) is 29.8 Å². The van der Waals surface area contributed by atoms with Crippen LogP contribution < -0.4 is 10.1 Å². The molecule has 0 aromatic carbocycles. The highest BCUT2D eigenvalue weighted by Crippen LogP contribution is 2.32. The molecule has 0 spiro atoms. The largest absolute Gasteiger partial charge is 0.475 e. The van der Waals surface area contributed by atoms with E-state index in [4.69, 9.17) is 4.74 Å². The number of rotatable bonds is 6. The van der Waals surface area contributed by atoms with E-state index in [0.29, 0.717) is 19.0 Å². The molecule has 0 unspecified atom stereocenters. The number of carbonyl (C=O) groups is 2. The van der Waals surface area contributed by atoms with Crippen molar-refractivity contribution in [2.45, 2.75) is 52.2 Å². The first-order chi connectivity index (χ1) is 12.0. The lowest BCUT2D eigenvalue weighted by atomic mass is 9.96. The van der Waals surface area contributed by atoms with Gasteiger partial charge in [0.1, 0.15) is 0 Å². The van der Waals surface area contributed by atoms with Crippen LogP contribution in [0.15, 0.2) is 18.3 Å². The van der Waals surface area contributed by atoms with E-state index in [1.54, 1.807) is 6.20 Å². The molecule has 2 amide bonds. The van der Waals surface area contributed by atoms with Gasteiger partial charge < -0.3 is 15.0 Å². The number of ether oxygens (including phenoxy) is 1. The molecule has 2 fully saturated rings. The summed E-state index contributed by atoms with van der Waals surface area (Å²) in [5.74, 6) is 0.896. The van der Waals surface area contributed by atoms with E-state index in [2.05, 4.69) is 10.3 Å². The van der Waals surface area contributed by atoms with Gasteiger partial charge in [-0.15, -0.1) is 0 Å². The van der Waals surface area contributed by atoms with Gasteiger partial charge >= 0.3 is 0 Å². The lowest BCUT2D eigenvalue weighted by Gasteiger charge is -2.32. The zero-order chi connectivity index (χ0) is 17.8. The number of carbonyl (C=O) groups excluding carboxylic acids is 2. The number of nitrogens with one attached hydrogen (secondary N) is 1. The maximum absolute atomic E-state index is 12.5. The topological polar surface area (TPSA) is 71.5 Å². The summed E-state index contributed by atoms with van der Waals surface area (Å²) in [4.78, 5) is 30.9. The van der Waals surface area contributed by atoms with Gasteiger partial charge in [-0.25, -0.2) is 4.98 Å². The number of likely N-dealkylation sites (tertiary alicyclic amines) is 1. The van der Waals surface area contributed by atoms with Gasteiger partial charge in [0.15, 0.2) is 0 Å². The zero-order valence-electron chi connectivity index (χ0n) is 15.0. The van der Waals surface area contributed by atoms with Gasteiger partial charge in [-0.05, 0) is 45.6 Å². The highest BCUT2D eigenvalue weighted by Gasteiger charge is 2.36. The first-order valence-electron chi connectivity index (χ1n) is 9.21. The monoisotopic (exact) mass is 345 g/mol. The summed E-state index contributed by atoms with van der Waals surface area (Å²) in [7, 11) is 0. The number of aromatic nitrogens is 1. The molecule has 1 atom stereocenters. The third-order valence-electron chi connectivity index (χ3n) is 4.68. The molecule has 1 aromatic heterocycles. The predicted octanol–water partition coefficient (Wildman–Crippen LogP) is 2.13. The van der Waals surface area contributed by atoms with Crippen LogP contribution in [0, 0.1) is 11.8 Å². The second kappa shape index (κ2) is 7.85. The van der Waals surface area contributed by atoms with Crippen molar-refractivity contribution in [2.24, 2.45) is 11.8 Å². The Morgan fingerprint density at radius 3 is 2.84 bits per heavy atom. The van der Waals surface area contributed by atoms with Crippen molar-refractivity contribution in [3.05, 3.63) is 23.9 Å². The fourth-order valence-electron chi connectivity index (χ4n) is 3.19. The van der Waals surface area contributed by atoms with Crippen LogP contribution >= 0.6 is 0 Å². The van der Waals surface area contributed by atoms with Crippen LogP contribution in [-0.2, 0) is 16.1 Å². The van der Waals surface area contributed by atoms with E-state index in [0.717, 1.165) is 37.8 Å². The Kier molecular flexibility index (Phi) is 5.56. The lowest BCUT2D eigenvalue weighted by molar-refractivity contribution is -0.136. The molecule has 0 bridgehead atoms. The minimum absolute atomic E-state index is 0.00708. The first kappa shape index (κ1) is 17.7. The highest BCUT2D eigenvalue weighted by atomic mass is 16.5. The summed E-state index contributed by atoms with van der Waals surface area (Å²) in [5.41, 5.74) is 0.867. The van der Waals surface area contributed by atoms with E-state index in [9.17, 15) is 9.59 Å². The standard InChI is InChI=1S/C19H27N3O3/c1-13(2)25-18-15(5-3-9-20-18)11-21-17(23)16-6-4-10-22(12-16)19(24)14-7-8-14/h3,5,9,13-14,16H,4,6-8,10-12H2,1-2H3,(H,21,23)/t16-/m0/s1. The number of pyridine rings is 1. The van der Waals surface area contributed by atoms with Gasteiger partial charge in [0.25, 0.3) is 0 Å². The molecule has 6 nitrogen and oxygen atoms in total. The van der Waals surface area contributed by atoms with Crippen LogP contribution in [0.4, 0.5) is 0 Å². The Hall–Kier alpha value is -2.11. The number of amides is 2. The van der Waals surface area contributed by atoms with Gasteiger partial charge in [-0.2, -0.15) is 0 Å². The van der Waals surface area contributed by atoms with Gasteiger partial charge in [0.05, 0.1) is 12.0 Å². The van der Waals surface area contributed by atoms with E-state index in [1.165, 1.54) is 0 Å². The van der Waals surface area contributed by atoms with Crippen molar-refractivity contribution < 1.29 is 14.3 Å². The van der Waals surface area contributed by atoms with Gasteiger partial charge in [0.2, 0.25) is 17.7 Å². The maximum Gasteiger partial charge on any atom is 0.225 e. The predicted molar refractivity (Wildman–Crippen MR) is 93.9 cm³/mol. The second-order valence-electron chi connectivity index (χ2n) is 7.25. The molecule has 1 N–H and O–H groups in total. The lowest BCUT2D eigenvalue weighted by Crippen LogP contribution is -2.45. The summed E-state index contributed by atoms with van der Waals surface area (Å²) in [6, 6.07) is 3.75. The number of hydrogen-bond acceptors (Lipinski definition) is 4. The van der Waals surface area contributed by atoms with E-state index in [1.807, 2.05) is 30.9 Å². The van der Waals surface area contributed by atoms with Crippen molar-refractivity contribution in [3.8, 4) is 5.88 Å². The molecule has 1 aromatic rings. The van der Waals surface area contributed by atoms with Crippen LogP contribution in [0.2, 0.25) is 0 Å². The molecule has 1 saturated carbocycles. The first-order valence-corrected chi connectivity index (χ1v) is 9.21. The van der Waals surface area contributed by atoms with Gasteiger partial charge in [0, 0.05) is 37.3 Å². The van der Waals surface area contributed by atoms with E-state index >= 15 is 0 Å². The molecule has 1 saturated heterocycles. The molecule has 136 valence electrons. The average Bonchev–Trinajstić information content (AvgIpc) is 3.45. The van der Waals surface area contributed by atoms with Crippen LogP contribution in [0.1, 0.15) is 45.1 Å². The molecular weight excluding hydrogens is 318 g/mol. The van der Waals surface area contributed by atoms with E-state index < -0.39 is 0 Å². The third kappa shape index (κ3) is 4.71. The summed E-state index contributed by atoms with van der Waals surface area (Å²) in [6.45, 7) is 5.62. The average molecular weight is 345 g/mol. The van der Waals surface area contributed by atoms with Crippen molar-refractivity contribution in [1.29, 1.82) is 0 Å². The molecular formula is C19H27N3O3. The number of piperidine rings is 1. The normalized spacial score (nSPS) is 20.4.